The van der Waals surface area contributed by atoms with Gasteiger partial charge in [0.15, 0.2) is 17.5 Å². The molecular weight excluding hydrogens is 671 g/mol. The monoisotopic (exact) mass is 703 g/mol. The van der Waals surface area contributed by atoms with Crippen molar-refractivity contribution < 1.29 is 4.42 Å². The van der Waals surface area contributed by atoms with Gasteiger partial charge in [-0.05, 0) is 51.6 Å². The predicted molar refractivity (Wildman–Crippen MR) is 225 cm³/mol. The average Bonchev–Trinajstić information content (AvgIpc) is 3.67. The summed E-state index contributed by atoms with van der Waals surface area (Å²) in [6.07, 6.45) is 0. The van der Waals surface area contributed by atoms with Gasteiger partial charge in [-0.25, -0.2) is 15.0 Å². The molecule has 0 spiro atoms. The van der Waals surface area contributed by atoms with Gasteiger partial charge in [-0.1, -0.05) is 182 Å². The SMILES string of the molecule is c1ccc(-c2ccc(-c3cc(-c4nc(-c5ccccc5)nc(-c5ccccc5)n4)cc(-c4cccc5c4oc4c(-c6ccccc6)cccc45)c3)cc2)cc1. The van der Waals surface area contributed by atoms with Crippen LogP contribution < -0.4 is 0 Å². The summed E-state index contributed by atoms with van der Waals surface area (Å²) in [7, 11) is 0. The molecule has 0 fully saturated rings. The van der Waals surface area contributed by atoms with Crippen molar-refractivity contribution in [2.75, 3.05) is 0 Å². The lowest BCUT2D eigenvalue weighted by Crippen LogP contribution is -2.00. The first kappa shape index (κ1) is 32.2. The smallest absolute Gasteiger partial charge is 0.164 e. The summed E-state index contributed by atoms with van der Waals surface area (Å²) in [6, 6.07) is 69.3. The molecule has 258 valence electrons. The van der Waals surface area contributed by atoms with E-state index in [-0.39, 0.29) is 0 Å². The van der Waals surface area contributed by atoms with Crippen LogP contribution in [-0.4, -0.2) is 15.0 Å². The summed E-state index contributed by atoms with van der Waals surface area (Å²) >= 11 is 0. The van der Waals surface area contributed by atoms with E-state index < -0.39 is 0 Å². The van der Waals surface area contributed by atoms with Crippen LogP contribution in [0.5, 0.6) is 0 Å². The third kappa shape index (κ3) is 6.16. The molecule has 0 N–H and O–H groups in total. The Balaban J connectivity index is 1.19. The summed E-state index contributed by atoms with van der Waals surface area (Å²) in [4.78, 5) is 15.2. The van der Waals surface area contributed by atoms with Crippen LogP contribution in [0.4, 0.5) is 0 Å². The average molecular weight is 704 g/mol. The Kier molecular flexibility index (Phi) is 8.12. The van der Waals surface area contributed by atoms with Gasteiger partial charge in [-0.2, -0.15) is 0 Å². The van der Waals surface area contributed by atoms with Crippen molar-refractivity contribution in [3.63, 3.8) is 0 Å². The molecule has 0 aliphatic heterocycles. The first-order chi connectivity index (χ1) is 27.2. The summed E-state index contributed by atoms with van der Waals surface area (Å²) in [5.41, 5.74) is 13.1. The molecule has 55 heavy (non-hydrogen) atoms. The minimum absolute atomic E-state index is 0.597. The molecule has 0 aliphatic carbocycles. The van der Waals surface area contributed by atoms with E-state index in [4.69, 9.17) is 19.4 Å². The fraction of sp³-hybridized carbons (Fsp3) is 0. The lowest BCUT2D eigenvalue weighted by atomic mass is 9.93. The van der Waals surface area contributed by atoms with E-state index in [1.807, 2.05) is 72.8 Å². The van der Waals surface area contributed by atoms with Crippen molar-refractivity contribution in [3.05, 3.63) is 200 Å². The quantitative estimate of drug-likeness (QED) is 0.166. The van der Waals surface area contributed by atoms with Crippen LogP contribution >= 0.6 is 0 Å². The molecule has 0 aliphatic rings. The number of benzene rings is 8. The van der Waals surface area contributed by atoms with Crippen LogP contribution in [0.3, 0.4) is 0 Å². The minimum Gasteiger partial charge on any atom is -0.455 e. The summed E-state index contributed by atoms with van der Waals surface area (Å²) in [5.74, 6) is 1.84. The van der Waals surface area contributed by atoms with Gasteiger partial charge in [-0.15, -0.1) is 0 Å². The molecule has 10 rings (SSSR count). The Morgan fingerprint density at radius 2 is 0.618 bits per heavy atom. The highest BCUT2D eigenvalue weighted by molar-refractivity contribution is 6.13. The van der Waals surface area contributed by atoms with E-state index in [1.165, 1.54) is 11.1 Å². The fourth-order valence-corrected chi connectivity index (χ4v) is 7.39. The van der Waals surface area contributed by atoms with Crippen LogP contribution in [0.2, 0.25) is 0 Å². The van der Waals surface area contributed by atoms with Crippen LogP contribution in [0.15, 0.2) is 205 Å². The second kappa shape index (κ2) is 13.8. The van der Waals surface area contributed by atoms with Crippen LogP contribution in [-0.2, 0) is 0 Å². The maximum Gasteiger partial charge on any atom is 0.164 e. The summed E-state index contributed by atoms with van der Waals surface area (Å²) in [5, 5.41) is 2.16. The van der Waals surface area contributed by atoms with Gasteiger partial charge in [0.25, 0.3) is 0 Å². The Labute approximate surface area is 319 Å². The van der Waals surface area contributed by atoms with Gasteiger partial charge in [0.1, 0.15) is 11.2 Å². The Hall–Kier alpha value is -7.43. The molecule has 10 aromatic rings. The molecular formula is C51H33N3O. The largest absolute Gasteiger partial charge is 0.455 e. The summed E-state index contributed by atoms with van der Waals surface area (Å²) in [6.45, 7) is 0. The van der Waals surface area contributed by atoms with E-state index in [0.717, 1.165) is 72.0 Å². The van der Waals surface area contributed by atoms with Gasteiger partial charge in [0.05, 0.1) is 0 Å². The maximum absolute atomic E-state index is 6.89. The van der Waals surface area contributed by atoms with Crippen molar-refractivity contribution in [2.24, 2.45) is 0 Å². The minimum atomic E-state index is 0.597. The lowest BCUT2D eigenvalue weighted by Gasteiger charge is -2.13. The first-order valence-electron chi connectivity index (χ1n) is 18.4. The van der Waals surface area contributed by atoms with Crippen molar-refractivity contribution in [1.29, 1.82) is 0 Å². The number of rotatable bonds is 7. The Bertz CT molecular complexity index is 2880. The predicted octanol–water partition coefficient (Wildman–Crippen LogP) is 13.4. The number of hydrogen-bond donors (Lipinski definition) is 0. The number of hydrogen-bond acceptors (Lipinski definition) is 4. The Morgan fingerprint density at radius 3 is 1.13 bits per heavy atom. The van der Waals surface area contributed by atoms with E-state index in [9.17, 15) is 0 Å². The van der Waals surface area contributed by atoms with Gasteiger partial charge in [-0.3, -0.25) is 0 Å². The Morgan fingerprint density at radius 1 is 0.255 bits per heavy atom. The van der Waals surface area contributed by atoms with E-state index in [1.54, 1.807) is 0 Å². The van der Waals surface area contributed by atoms with Gasteiger partial charge < -0.3 is 4.42 Å². The van der Waals surface area contributed by atoms with Crippen molar-refractivity contribution in [2.45, 2.75) is 0 Å². The molecule has 4 heteroatoms. The third-order valence-electron chi connectivity index (χ3n) is 10.1. The zero-order valence-electron chi connectivity index (χ0n) is 29.8. The molecule has 0 saturated heterocycles. The van der Waals surface area contributed by atoms with Crippen LogP contribution in [0, 0.1) is 0 Å². The molecule has 0 saturated carbocycles. The number of para-hydroxylation sites is 2. The van der Waals surface area contributed by atoms with E-state index >= 15 is 0 Å². The highest BCUT2D eigenvalue weighted by atomic mass is 16.3. The summed E-state index contributed by atoms with van der Waals surface area (Å²) < 4.78 is 6.89. The molecule has 4 nitrogen and oxygen atoms in total. The van der Waals surface area contributed by atoms with Crippen LogP contribution in [0.1, 0.15) is 0 Å². The van der Waals surface area contributed by atoms with Crippen molar-refractivity contribution >= 4 is 21.9 Å². The number of furan rings is 1. The molecule has 2 aromatic heterocycles. The van der Waals surface area contributed by atoms with Crippen molar-refractivity contribution in [3.8, 4) is 78.7 Å². The molecule has 0 bridgehead atoms. The lowest BCUT2D eigenvalue weighted by molar-refractivity contribution is 0.671. The van der Waals surface area contributed by atoms with Crippen LogP contribution in [0.25, 0.3) is 101 Å². The first-order valence-corrected chi connectivity index (χ1v) is 18.4. The fourth-order valence-electron chi connectivity index (χ4n) is 7.39. The molecule has 8 aromatic carbocycles. The topological polar surface area (TPSA) is 51.8 Å². The molecule has 0 atom stereocenters. The normalized spacial score (nSPS) is 11.3. The van der Waals surface area contributed by atoms with E-state index in [0.29, 0.717) is 17.5 Å². The zero-order chi connectivity index (χ0) is 36.6. The van der Waals surface area contributed by atoms with Crippen molar-refractivity contribution in [1.82, 2.24) is 15.0 Å². The van der Waals surface area contributed by atoms with E-state index in [2.05, 4.69) is 127 Å². The van der Waals surface area contributed by atoms with Gasteiger partial charge in [0, 0.05) is 38.6 Å². The highest BCUT2D eigenvalue weighted by Gasteiger charge is 2.19. The number of nitrogens with zero attached hydrogens (tertiary/aromatic N) is 3. The number of aromatic nitrogens is 3. The third-order valence-corrected chi connectivity index (χ3v) is 10.1. The highest BCUT2D eigenvalue weighted by Crippen LogP contribution is 2.42. The number of fused-ring (bicyclic) bond motifs is 3. The molecule has 0 amide bonds. The molecule has 0 radical (unpaired) electrons. The second-order valence-corrected chi connectivity index (χ2v) is 13.6. The standard InChI is InChI=1S/C51H33N3O/c1-5-15-34(16-6-1)35-27-29-36(30-28-35)40-31-41(44-24-14-26-46-45-25-13-23-43(47(45)55-48(44)46)37-17-7-2-8-18-37)33-42(32-40)51-53-49(38-19-9-3-10-20-38)52-50(54-51)39-21-11-4-12-22-39/h1-33H. The molecule has 2 heterocycles. The van der Waals surface area contributed by atoms with Gasteiger partial charge >= 0.3 is 0 Å². The van der Waals surface area contributed by atoms with Gasteiger partial charge in [0.2, 0.25) is 0 Å². The zero-order valence-corrected chi connectivity index (χ0v) is 29.8. The molecule has 0 unspecified atom stereocenters. The maximum atomic E-state index is 6.89. The second-order valence-electron chi connectivity index (χ2n) is 13.6.